The Hall–Kier alpha value is -2.79. The van der Waals surface area contributed by atoms with Gasteiger partial charge in [0.2, 0.25) is 0 Å². The average Bonchev–Trinajstić information content (AvgIpc) is 3.26. The molecule has 2 aromatic heterocycles. The Morgan fingerprint density at radius 1 is 1.17 bits per heavy atom. The third-order valence-corrected chi connectivity index (χ3v) is 4.76. The van der Waals surface area contributed by atoms with E-state index in [1.165, 1.54) is 5.56 Å². The molecular formula is C19H17N3OS. The molecule has 24 heavy (non-hydrogen) atoms. The molecule has 0 spiro atoms. The molecule has 4 rings (SSSR count). The second kappa shape index (κ2) is 6.37. The van der Waals surface area contributed by atoms with Crippen molar-refractivity contribution in [3.05, 3.63) is 65.7 Å². The van der Waals surface area contributed by atoms with Gasteiger partial charge in [-0.1, -0.05) is 30.3 Å². The van der Waals surface area contributed by atoms with Crippen LogP contribution < -0.4 is 10.1 Å². The SMILES string of the molecule is COc1ccc2c(-c3csc(NCc4ccccc4)n3)c[nH]c2c1. The minimum atomic E-state index is 0.777. The maximum Gasteiger partial charge on any atom is 0.183 e. The fraction of sp³-hybridized carbons (Fsp3) is 0.105. The molecule has 0 saturated heterocycles. The standard InChI is InChI=1S/C19H17N3OS/c1-23-14-7-8-15-16(11-20-17(15)9-14)18-12-24-19(22-18)21-10-13-5-3-2-4-6-13/h2-9,11-12,20H,10H2,1H3,(H,21,22). The maximum absolute atomic E-state index is 5.27. The van der Waals surface area contributed by atoms with E-state index in [0.717, 1.165) is 39.6 Å². The molecule has 0 unspecified atom stereocenters. The fourth-order valence-corrected chi connectivity index (χ4v) is 3.41. The van der Waals surface area contributed by atoms with Crippen LogP contribution in [0.25, 0.3) is 22.2 Å². The van der Waals surface area contributed by atoms with Crippen molar-refractivity contribution in [2.24, 2.45) is 0 Å². The van der Waals surface area contributed by atoms with Crippen LogP contribution in [-0.4, -0.2) is 17.1 Å². The number of rotatable bonds is 5. The van der Waals surface area contributed by atoms with Gasteiger partial charge in [0, 0.05) is 40.7 Å². The third-order valence-electron chi connectivity index (χ3n) is 3.96. The third kappa shape index (κ3) is 2.86. The molecule has 0 atom stereocenters. The molecule has 0 aliphatic rings. The number of ether oxygens (including phenoxy) is 1. The normalized spacial score (nSPS) is 10.9. The highest BCUT2D eigenvalue weighted by atomic mass is 32.1. The van der Waals surface area contributed by atoms with Crippen LogP contribution in [0.4, 0.5) is 5.13 Å². The number of aromatic amines is 1. The maximum atomic E-state index is 5.27. The van der Waals surface area contributed by atoms with Crippen LogP contribution in [0.3, 0.4) is 0 Å². The van der Waals surface area contributed by atoms with Crippen LogP contribution >= 0.6 is 11.3 Å². The first-order chi connectivity index (χ1) is 11.8. The largest absolute Gasteiger partial charge is 0.497 e. The Labute approximate surface area is 144 Å². The lowest BCUT2D eigenvalue weighted by Crippen LogP contribution is -1.98. The molecule has 0 saturated carbocycles. The molecule has 0 aliphatic carbocycles. The summed E-state index contributed by atoms with van der Waals surface area (Å²) in [7, 11) is 1.68. The Bertz CT molecular complexity index is 959. The number of methoxy groups -OCH3 is 1. The summed E-state index contributed by atoms with van der Waals surface area (Å²) in [6.07, 6.45) is 2.00. The molecule has 0 fully saturated rings. The lowest BCUT2D eigenvalue weighted by Gasteiger charge is -2.02. The zero-order valence-electron chi connectivity index (χ0n) is 13.2. The van der Waals surface area contributed by atoms with Crippen LogP contribution in [0.1, 0.15) is 5.56 Å². The smallest absolute Gasteiger partial charge is 0.183 e. The molecule has 0 bridgehead atoms. The molecule has 2 N–H and O–H groups in total. The second-order valence-corrected chi connectivity index (χ2v) is 6.35. The van der Waals surface area contributed by atoms with Crippen molar-refractivity contribution >= 4 is 27.4 Å². The monoisotopic (exact) mass is 335 g/mol. The lowest BCUT2D eigenvalue weighted by molar-refractivity contribution is 0.415. The average molecular weight is 335 g/mol. The summed E-state index contributed by atoms with van der Waals surface area (Å²) in [6.45, 7) is 0.777. The van der Waals surface area contributed by atoms with Gasteiger partial charge in [0.25, 0.3) is 0 Å². The van der Waals surface area contributed by atoms with E-state index >= 15 is 0 Å². The molecule has 0 amide bonds. The Morgan fingerprint density at radius 3 is 2.88 bits per heavy atom. The number of hydrogen-bond donors (Lipinski definition) is 2. The number of fused-ring (bicyclic) bond motifs is 1. The van der Waals surface area contributed by atoms with Crippen molar-refractivity contribution in [2.75, 3.05) is 12.4 Å². The topological polar surface area (TPSA) is 49.9 Å². The van der Waals surface area contributed by atoms with E-state index in [0.29, 0.717) is 0 Å². The zero-order valence-corrected chi connectivity index (χ0v) is 14.1. The number of H-pyrrole nitrogens is 1. The molecular weight excluding hydrogens is 318 g/mol. The van der Waals surface area contributed by atoms with E-state index < -0.39 is 0 Å². The number of nitrogens with one attached hydrogen (secondary N) is 2. The zero-order chi connectivity index (χ0) is 16.4. The van der Waals surface area contributed by atoms with Gasteiger partial charge < -0.3 is 15.0 Å². The van der Waals surface area contributed by atoms with Gasteiger partial charge in [-0.15, -0.1) is 11.3 Å². The summed E-state index contributed by atoms with van der Waals surface area (Å²) in [5, 5.41) is 7.55. The van der Waals surface area contributed by atoms with Gasteiger partial charge in [-0.3, -0.25) is 0 Å². The Balaban J connectivity index is 1.56. The highest BCUT2D eigenvalue weighted by Gasteiger charge is 2.10. The number of benzene rings is 2. The molecule has 4 nitrogen and oxygen atoms in total. The van der Waals surface area contributed by atoms with Crippen LogP contribution in [0.15, 0.2) is 60.1 Å². The van der Waals surface area contributed by atoms with Crippen molar-refractivity contribution in [2.45, 2.75) is 6.54 Å². The Morgan fingerprint density at radius 2 is 2.04 bits per heavy atom. The predicted octanol–water partition coefficient (Wildman–Crippen LogP) is 4.91. The van der Waals surface area contributed by atoms with E-state index in [2.05, 4.69) is 33.9 Å². The van der Waals surface area contributed by atoms with Crippen LogP contribution in [0, 0.1) is 0 Å². The van der Waals surface area contributed by atoms with Crippen molar-refractivity contribution in [1.82, 2.24) is 9.97 Å². The molecule has 120 valence electrons. The highest BCUT2D eigenvalue weighted by molar-refractivity contribution is 7.14. The van der Waals surface area contributed by atoms with Crippen molar-refractivity contribution in [3.63, 3.8) is 0 Å². The Kier molecular flexibility index (Phi) is 3.92. The molecule has 2 aromatic carbocycles. The molecule has 0 radical (unpaired) electrons. The van der Waals surface area contributed by atoms with Gasteiger partial charge in [-0.05, 0) is 17.7 Å². The summed E-state index contributed by atoms with van der Waals surface area (Å²) in [5.74, 6) is 0.847. The van der Waals surface area contributed by atoms with Gasteiger partial charge in [0.15, 0.2) is 5.13 Å². The number of anilines is 1. The molecule has 5 heteroatoms. The number of thiazole rings is 1. The number of aromatic nitrogens is 2. The quantitative estimate of drug-likeness (QED) is 0.545. The van der Waals surface area contributed by atoms with E-state index in [1.807, 2.05) is 36.5 Å². The summed E-state index contributed by atoms with van der Waals surface area (Å²) in [4.78, 5) is 8.01. The van der Waals surface area contributed by atoms with Crippen LogP contribution in [0.2, 0.25) is 0 Å². The first kappa shape index (κ1) is 14.8. The van der Waals surface area contributed by atoms with E-state index in [1.54, 1.807) is 18.4 Å². The molecule has 4 aromatic rings. The second-order valence-electron chi connectivity index (χ2n) is 5.49. The summed E-state index contributed by atoms with van der Waals surface area (Å²) < 4.78 is 5.27. The lowest BCUT2D eigenvalue weighted by atomic mass is 10.1. The van der Waals surface area contributed by atoms with E-state index in [4.69, 9.17) is 9.72 Å². The summed E-state index contributed by atoms with van der Waals surface area (Å²) in [6, 6.07) is 16.4. The van der Waals surface area contributed by atoms with Crippen molar-refractivity contribution < 1.29 is 4.74 Å². The van der Waals surface area contributed by atoms with Crippen molar-refractivity contribution in [3.8, 4) is 17.0 Å². The van der Waals surface area contributed by atoms with Crippen molar-refractivity contribution in [1.29, 1.82) is 0 Å². The van der Waals surface area contributed by atoms with Crippen LogP contribution in [-0.2, 0) is 6.54 Å². The highest BCUT2D eigenvalue weighted by Crippen LogP contribution is 2.32. The number of hydrogen-bond acceptors (Lipinski definition) is 4. The van der Waals surface area contributed by atoms with E-state index in [9.17, 15) is 0 Å². The van der Waals surface area contributed by atoms with Crippen LogP contribution in [0.5, 0.6) is 5.75 Å². The van der Waals surface area contributed by atoms with Gasteiger partial charge in [-0.2, -0.15) is 0 Å². The van der Waals surface area contributed by atoms with Gasteiger partial charge in [-0.25, -0.2) is 4.98 Å². The fourth-order valence-electron chi connectivity index (χ4n) is 2.70. The molecule has 2 heterocycles. The minimum absolute atomic E-state index is 0.777. The first-order valence-electron chi connectivity index (χ1n) is 7.72. The van der Waals surface area contributed by atoms with E-state index in [-0.39, 0.29) is 0 Å². The van der Waals surface area contributed by atoms with Gasteiger partial charge in [0.1, 0.15) is 5.75 Å². The minimum Gasteiger partial charge on any atom is -0.497 e. The molecule has 0 aliphatic heterocycles. The first-order valence-corrected chi connectivity index (χ1v) is 8.60. The van der Waals surface area contributed by atoms with Gasteiger partial charge in [0.05, 0.1) is 12.8 Å². The van der Waals surface area contributed by atoms with Gasteiger partial charge >= 0.3 is 0 Å². The number of nitrogens with zero attached hydrogens (tertiary/aromatic N) is 1. The summed E-state index contributed by atoms with van der Waals surface area (Å²) in [5.41, 5.74) is 4.38. The predicted molar refractivity (Wildman–Crippen MR) is 99.7 cm³/mol. The summed E-state index contributed by atoms with van der Waals surface area (Å²) >= 11 is 1.62.